The number of hydrogen-bond donors (Lipinski definition) is 0. The van der Waals surface area contributed by atoms with Crippen molar-refractivity contribution >= 4 is 5.78 Å². The largest absolute Gasteiger partial charge is 0.487 e. The number of aromatic nitrogens is 2. The molecular weight excluding hydrogens is 256 g/mol. The fourth-order valence-corrected chi connectivity index (χ4v) is 2.01. The van der Waals surface area contributed by atoms with Crippen LogP contribution in [0.25, 0.3) is 11.3 Å². The molecule has 1 aromatic heterocycles. The third kappa shape index (κ3) is 2.47. The van der Waals surface area contributed by atoms with Crippen molar-refractivity contribution in [2.75, 3.05) is 6.61 Å². The molecule has 0 spiro atoms. The average molecular weight is 272 g/mol. The van der Waals surface area contributed by atoms with Crippen molar-refractivity contribution in [1.29, 1.82) is 0 Å². The molecule has 0 aliphatic carbocycles. The van der Waals surface area contributed by atoms with Gasteiger partial charge in [0.05, 0.1) is 12.2 Å². The molecule has 0 atom stereocenters. The SMILES string of the molecule is CCOc1c(C(C)=O)c(-c2ccccc2)nn(C)c1=O. The fourth-order valence-electron chi connectivity index (χ4n) is 2.01. The Kier molecular flexibility index (Phi) is 3.98. The number of nitrogens with zero attached hydrogens (tertiary/aromatic N) is 2. The standard InChI is InChI=1S/C15H16N2O3/c1-4-20-14-12(10(2)18)13(16-17(3)15(14)19)11-8-6-5-7-9-11/h5-9H,4H2,1-3H3. The minimum absolute atomic E-state index is 0.0661. The zero-order valence-electron chi connectivity index (χ0n) is 11.7. The lowest BCUT2D eigenvalue weighted by molar-refractivity contribution is 0.101. The molecule has 0 saturated carbocycles. The van der Waals surface area contributed by atoms with Gasteiger partial charge in [-0.25, -0.2) is 4.68 Å². The summed E-state index contributed by atoms with van der Waals surface area (Å²) in [5.74, 6) is -0.172. The summed E-state index contributed by atoms with van der Waals surface area (Å²) in [7, 11) is 1.54. The Morgan fingerprint density at radius 1 is 1.30 bits per heavy atom. The monoisotopic (exact) mass is 272 g/mol. The molecule has 104 valence electrons. The summed E-state index contributed by atoms with van der Waals surface area (Å²) in [6.07, 6.45) is 0. The first-order valence-corrected chi connectivity index (χ1v) is 6.36. The fraction of sp³-hybridized carbons (Fsp3) is 0.267. The predicted octanol–water partition coefficient (Wildman–Crippen LogP) is 2.05. The first-order valence-electron chi connectivity index (χ1n) is 6.36. The van der Waals surface area contributed by atoms with Crippen molar-refractivity contribution in [1.82, 2.24) is 9.78 Å². The molecule has 2 aromatic rings. The van der Waals surface area contributed by atoms with E-state index in [2.05, 4.69) is 5.10 Å². The second kappa shape index (κ2) is 5.69. The van der Waals surface area contributed by atoms with Gasteiger partial charge in [0.15, 0.2) is 11.5 Å². The van der Waals surface area contributed by atoms with Crippen LogP contribution < -0.4 is 10.3 Å². The van der Waals surface area contributed by atoms with Gasteiger partial charge in [0, 0.05) is 12.6 Å². The second-order valence-corrected chi connectivity index (χ2v) is 4.34. The summed E-state index contributed by atoms with van der Waals surface area (Å²) in [5.41, 5.74) is 1.07. The summed E-state index contributed by atoms with van der Waals surface area (Å²) >= 11 is 0. The minimum atomic E-state index is -0.406. The Bertz CT molecular complexity index is 690. The first kappa shape index (κ1) is 14.0. The van der Waals surface area contributed by atoms with Crippen LogP contribution in [0.5, 0.6) is 5.75 Å². The van der Waals surface area contributed by atoms with Gasteiger partial charge in [0.2, 0.25) is 0 Å². The van der Waals surface area contributed by atoms with Gasteiger partial charge in [-0.15, -0.1) is 0 Å². The molecule has 0 bridgehead atoms. The van der Waals surface area contributed by atoms with Crippen LogP contribution in [0.2, 0.25) is 0 Å². The number of hydrogen-bond acceptors (Lipinski definition) is 4. The van der Waals surface area contributed by atoms with E-state index < -0.39 is 5.56 Å². The van der Waals surface area contributed by atoms with Gasteiger partial charge in [-0.05, 0) is 13.8 Å². The van der Waals surface area contributed by atoms with Gasteiger partial charge in [0.1, 0.15) is 5.69 Å². The van der Waals surface area contributed by atoms with Crippen LogP contribution >= 0.6 is 0 Å². The molecule has 0 saturated heterocycles. The van der Waals surface area contributed by atoms with E-state index in [1.165, 1.54) is 11.6 Å². The van der Waals surface area contributed by atoms with Crippen molar-refractivity contribution in [3.05, 3.63) is 46.2 Å². The van der Waals surface area contributed by atoms with E-state index in [0.717, 1.165) is 5.56 Å². The highest BCUT2D eigenvalue weighted by molar-refractivity contribution is 6.02. The molecule has 2 rings (SSSR count). The van der Waals surface area contributed by atoms with E-state index >= 15 is 0 Å². The van der Waals surface area contributed by atoms with Crippen LogP contribution in [0.1, 0.15) is 24.2 Å². The zero-order valence-corrected chi connectivity index (χ0v) is 11.7. The van der Waals surface area contributed by atoms with Crippen molar-refractivity contribution in [2.45, 2.75) is 13.8 Å². The van der Waals surface area contributed by atoms with E-state index in [1.807, 2.05) is 30.3 Å². The van der Waals surface area contributed by atoms with Crippen LogP contribution in [-0.4, -0.2) is 22.2 Å². The molecular formula is C15H16N2O3. The highest BCUT2D eigenvalue weighted by Gasteiger charge is 2.21. The highest BCUT2D eigenvalue weighted by atomic mass is 16.5. The summed E-state index contributed by atoms with van der Waals surface area (Å²) in [4.78, 5) is 24.0. The Hall–Kier alpha value is -2.43. The lowest BCUT2D eigenvalue weighted by Crippen LogP contribution is -2.25. The van der Waals surface area contributed by atoms with Crippen LogP contribution in [0.15, 0.2) is 35.1 Å². The lowest BCUT2D eigenvalue weighted by atomic mass is 10.0. The molecule has 20 heavy (non-hydrogen) atoms. The molecule has 0 fully saturated rings. The number of carbonyl (C=O) groups is 1. The van der Waals surface area contributed by atoms with Crippen molar-refractivity contribution in [2.24, 2.45) is 7.05 Å². The van der Waals surface area contributed by atoms with E-state index in [-0.39, 0.29) is 17.1 Å². The topological polar surface area (TPSA) is 61.2 Å². The van der Waals surface area contributed by atoms with Gasteiger partial charge in [-0.1, -0.05) is 30.3 Å². The maximum Gasteiger partial charge on any atom is 0.309 e. The molecule has 0 radical (unpaired) electrons. The lowest BCUT2D eigenvalue weighted by Gasteiger charge is -2.13. The summed E-state index contributed by atoms with van der Waals surface area (Å²) in [6.45, 7) is 3.49. The van der Waals surface area contributed by atoms with Gasteiger partial charge in [-0.3, -0.25) is 9.59 Å². The molecule has 1 heterocycles. The smallest absolute Gasteiger partial charge is 0.309 e. The summed E-state index contributed by atoms with van der Waals surface area (Å²) in [6, 6.07) is 9.27. The second-order valence-electron chi connectivity index (χ2n) is 4.34. The van der Waals surface area contributed by atoms with Crippen LogP contribution in [0, 0.1) is 0 Å². The number of carbonyl (C=O) groups excluding carboxylic acids is 1. The highest BCUT2D eigenvalue weighted by Crippen LogP contribution is 2.26. The molecule has 0 unspecified atom stereocenters. The number of benzene rings is 1. The summed E-state index contributed by atoms with van der Waals surface area (Å²) < 4.78 is 6.57. The van der Waals surface area contributed by atoms with Gasteiger partial charge in [-0.2, -0.15) is 5.10 Å². The Balaban J connectivity index is 2.81. The normalized spacial score (nSPS) is 10.3. The third-order valence-electron chi connectivity index (χ3n) is 2.89. The molecule has 0 amide bonds. The maximum atomic E-state index is 12.1. The van der Waals surface area contributed by atoms with Gasteiger partial charge in [0.25, 0.3) is 0 Å². The summed E-state index contributed by atoms with van der Waals surface area (Å²) in [5, 5.41) is 4.21. The Morgan fingerprint density at radius 3 is 2.50 bits per heavy atom. The third-order valence-corrected chi connectivity index (χ3v) is 2.89. The van der Waals surface area contributed by atoms with Gasteiger partial charge >= 0.3 is 5.56 Å². The predicted molar refractivity (Wildman–Crippen MR) is 76.1 cm³/mol. The molecule has 5 heteroatoms. The molecule has 1 aromatic carbocycles. The minimum Gasteiger partial charge on any atom is -0.487 e. The average Bonchev–Trinajstić information content (AvgIpc) is 2.44. The van der Waals surface area contributed by atoms with Crippen molar-refractivity contribution < 1.29 is 9.53 Å². The van der Waals surface area contributed by atoms with Crippen LogP contribution in [0.3, 0.4) is 0 Å². The van der Waals surface area contributed by atoms with Gasteiger partial charge < -0.3 is 4.74 Å². The maximum absolute atomic E-state index is 12.1. The Labute approximate surface area is 116 Å². The number of ketones is 1. The van der Waals surface area contributed by atoms with E-state index in [0.29, 0.717) is 12.3 Å². The Morgan fingerprint density at radius 2 is 1.95 bits per heavy atom. The van der Waals surface area contributed by atoms with Crippen LogP contribution in [-0.2, 0) is 7.05 Å². The quantitative estimate of drug-likeness (QED) is 0.799. The van der Waals surface area contributed by atoms with E-state index in [1.54, 1.807) is 14.0 Å². The van der Waals surface area contributed by atoms with Crippen LogP contribution in [0.4, 0.5) is 0 Å². The molecule has 0 aliphatic heterocycles. The number of aryl methyl sites for hydroxylation is 1. The number of rotatable bonds is 4. The zero-order chi connectivity index (χ0) is 14.7. The molecule has 0 N–H and O–H groups in total. The van der Waals surface area contributed by atoms with E-state index in [9.17, 15) is 9.59 Å². The van der Waals surface area contributed by atoms with Crippen molar-refractivity contribution in [3.8, 4) is 17.0 Å². The molecule has 5 nitrogen and oxygen atoms in total. The first-order chi connectivity index (χ1) is 9.56. The van der Waals surface area contributed by atoms with Crippen molar-refractivity contribution in [3.63, 3.8) is 0 Å². The number of ether oxygens (including phenoxy) is 1. The molecule has 0 aliphatic rings. The number of Topliss-reactive ketones (excluding diaryl/α,β-unsaturated/α-hetero) is 1. The van der Waals surface area contributed by atoms with E-state index in [4.69, 9.17) is 4.74 Å².